The maximum atomic E-state index is 13.4. The maximum Gasteiger partial charge on any atom is 0.435 e. The smallest absolute Gasteiger partial charge is 0.348 e. The van der Waals surface area contributed by atoms with Crippen LogP contribution in [0.4, 0.5) is 13.2 Å². The Morgan fingerprint density at radius 1 is 1.10 bits per heavy atom. The second-order valence-electron chi connectivity index (χ2n) is 7.96. The van der Waals surface area contributed by atoms with Gasteiger partial charge in [0.25, 0.3) is 0 Å². The third-order valence-corrected chi connectivity index (χ3v) is 5.74. The molecule has 31 heavy (non-hydrogen) atoms. The van der Waals surface area contributed by atoms with Gasteiger partial charge in [0.15, 0.2) is 5.69 Å². The van der Waals surface area contributed by atoms with E-state index in [4.69, 9.17) is 0 Å². The summed E-state index contributed by atoms with van der Waals surface area (Å²) in [5.74, 6) is -0.356. The Labute approximate surface area is 178 Å². The van der Waals surface area contributed by atoms with Crippen molar-refractivity contribution in [2.45, 2.75) is 57.8 Å². The summed E-state index contributed by atoms with van der Waals surface area (Å²) in [6, 6.07) is 11.4. The Kier molecular flexibility index (Phi) is 5.89. The molecule has 1 aliphatic carbocycles. The number of halogens is 3. The van der Waals surface area contributed by atoms with Crippen LogP contribution in [0.25, 0.3) is 5.69 Å². The number of hydrogen-bond acceptors (Lipinski definition) is 2. The molecule has 0 spiro atoms. The normalized spacial score (nSPS) is 15.2. The number of benzene rings is 1. The van der Waals surface area contributed by atoms with E-state index in [-0.39, 0.29) is 24.1 Å². The number of hydrogen-bond donors (Lipinski definition) is 1. The highest BCUT2D eigenvalue weighted by molar-refractivity contribution is 5.76. The molecule has 8 heteroatoms. The summed E-state index contributed by atoms with van der Waals surface area (Å²) in [4.78, 5) is 12.6. The second-order valence-corrected chi connectivity index (χ2v) is 7.96. The van der Waals surface area contributed by atoms with Gasteiger partial charge in [-0.3, -0.25) is 9.48 Å². The van der Waals surface area contributed by atoms with Crippen molar-refractivity contribution >= 4 is 5.91 Å². The SMILES string of the molecule is CC(NC(=O)Cn1nc(C(F)(F)F)c2c1CCCCC2)c1ccc(-n2cccc2)cc1. The van der Waals surface area contributed by atoms with Gasteiger partial charge in [0.1, 0.15) is 6.54 Å². The van der Waals surface area contributed by atoms with Gasteiger partial charge in [-0.15, -0.1) is 0 Å². The van der Waals surface area contributed by atoms with Gasteiger partial charge in [-0.05, 0) is 62.4 Å². The molecule has 1 amide bonds. The van der Waals surface area contributed by atoms with E-state index in [0.29, 0.717) is 25.0 Å². The zero-order valence-electron chi connectivity index (χ0n) is 17.3. The van der Waals surface area contributed by atoms with Gasteiger partial charge in [-0.2, -0.15) is 18.3 Å². The van der Waals surface area contributed by atoms with Crippen LogP contribution in [0, 0.1) is 0 Å². The van der Waals surface area contributed by atoms with Crippen LogP contribution < -0.4 is 5.32 Å². The lowest BCUT2D eigenvalue weighted by atomic mass is 10.1. The number of aromatic nitrogens is 3. The molecule has 0 bridgehead atoms. The Bertz CT molecular complexity index is 1040. The van der Waals surface area contributed by atoms with Gasteiger partial charge >= 0.3 is 6.18 Å². The first-order valence-corrected chi connectivity index (χ1v) is 10.5. The van der Waals surface area contributed by atoms with E-state index in [1.165, 1.54) is 4.68 Å². The van der Waals surface area contributed by atoms with Gasteiger partial charge < -0.3 is 9.88 Å². The summed E-state index contributed by atoms with van der Waals surface area (Å²) in [5, 5.41) is 6.67. The van der Waals surface area contributed by atoms with Gasteiger partial charge in [0.05, 0.1) is 6.04 Å². The molecule has 0 radical (unpaired) electrons. The van der Waals surface area contributed by atoms with Crippen molar-refractivity contribution in [1.29, 1.82) is 0 Å². The molecule has 164 valence electrons. The topological polar surface area (TPSA) is 51.9 Å². The zero-order valence-corrected chi connectivity index (χ0v) is 17.3. The van der Waals surface area contributed by atoms with E-state index in [2.05, 4.69) is 10.4 Å². The minimum atomic E-state index is -4.51. The van der Waals surface area contributed by atoms with E-state index in [1.807, 2.05) is 60.3 Å². The van der Waals surface area contributed by atoms with Crippen LogP contribution in [0.2, 0.25) is 0 Å². The molecule has 1 aromatic carbocycles. The number of alkyl halides is 3. The number of carbonyl (C=O) groups is 1. The molecule has 0 aliphatic heterocycles. The first kappa shape index (κ1) is 21.2. The van der Waals surface area contributed by atoms with Gasteiger partial charge in [-0.1, -0.05) is 18.6 Å². The van der Waals surface area contributed by atoms with Crippen LogP contribution in [-0.4, -0.2) is 20.3 Å². The number of rotatable bonds is 5. The molecular weight excluding hydrogens is 405 g/mol. The first-order chi connectivity index (χ1) is 14.8. The van der Waals surface area contributed by atoms with Crippen molar-refractivity contribution in [3.05, 3.63) is 71.3 Å². The highest BCUT2D eigenvalue weighted by Crippen LogP contribution is 2.35. The van der Waals surface area contributed by atoms with E-state index in [9.17, 15) is 18.0 Å². The summed E-state index contributed by atoms with van der Waals surface area (Å²) >= 11 is 0. The molecule has 1 aliphatic rings. The molecular formula is C23H25F3N4O. The largest absolute Gasteiger partial charge is 0.435 e. The first-order valence-electron chi connectivity index (χ1n) is 10.5. The van der Waals surface area contributed by atoms with Crippen LogP contribution in [0.3, 0.4) is 0 Å². The average Bonchev–Trinajstić information content (AvgIpc) is 3.30. The van der Waals surface area contributed by atoms with Crippen LogP contribution in [-0.2, 0) is 30.4 Å². The fraction of sp³-hybridized carbons (Fsp3) is 0.391. The Hall–Kier alpha value is -3.03. The summed E-state index contributed by atoms with van der Waals surface area (Å²) in [6.45, 7) is 1.64. The Balaban J connectivity index is 1.47. The molecule has 1 atom stereocenters. The van der Waals surface area contributed by atoms with Crippen LogP contribution >= 0.6 is 0 Å². The predicted octanol–water partition coefficient (Wildman–Crippen LogP) is 4.84. The fourth-order valence-electron chi connectivity index (χ4n) is 4.15. The zero-order chi connectivity index (χ0) is 22.0. The van der Waals surface area contributed by atoms with Crippen LogP contribution in [0.15, 0.2) is 48.8 Å². The molecule has 5 nitrogen and oxygen atoms in total. The number of nitrogens with one attached hydrogen (secondary N) is 1. The third-order valence-electron chi connectivity index (χ3n) is 5.74. The quantitative estimate of drug-likeness (QED) is 0.589. The monoisotopic (exact) mass is 430 g/mol. The number of carbonyl (C=O) groups excluding carboxylic acids is 1. The predicted molar refractivity (Wildman–Crippen MR) is 111 cm³/mol. The maximum absolute atomic E-state index is 13.4. The van der Waals surface area contributed by atoms with Crippen molar-refractivity contribution in [3.8, 4) is 5.69 Å². The van der Waals surface area contributed by atoms with E-state index >= 15 is 0 Å². The minimum Gasteiger partial charge on any atom is -0.348 e. The number of fused-ring (bicyclic) bond motifs is 1. The van der Waals surface area contributed by atoms with Crippen LogP contribution in [0.1, 0.15) is 54.7 Å². The fourth-order valence-corrected chi connectivity index (χ4v) is 4.15. The lowest BCUT2D eigenvalue weighted by molar-refractivity contribution is -0.142. The van der Waals surface area contributed by atoms with E-state index in [1.54, 1.807) is 0 Å². The lowest BCUT2D eigenvalue weighted by Crippen LogP contribution is -2.31. The van der Waals surface area contributed by atoms with Gasteiger partial charge in [0, 0.05) is 29.3 Å². The molecule has 0 fully saturated rings. The van der Waals surface area contributed by atoms with E-state index in [0.717, 1.165) is 24.1 Å². The summed E-state index contributed by atoms with van der Waals surface area (Å²) in [6.07, 6.45) is 2.66. The molecule has 2 aromatic heterocycles. The van der Waals surface area contributed by atoms with Gasteiger partial charge in [0.2, 0.25) is 5.91 Å². The van der Waals surface area contributed by atoms with Crippen molar-refractivity contribution in [3.63, 3.8) is 0 Å². The number of amides is 1. The van der Waals surface area contributed by atoms with Crippen molar-refractivity contribution in [2.75, 3.05) is 0 Å². The van der Waals surface area contributed by atoms with Crippen LogP contribution in [0.5, 0.6) is 0 Å². The molecule has 4 rings (SSSR count). The minimum absolute atomic E-state index is 0.218. The summed E-state index contributed by atoms with van der Waals surface area (Å²) < 4.78 is 43.6. The van der Waals surface area contributed by atoms with Crippen molar-refractivity contribution in [2.24, 2.45) is 0 Å². The average molecular weight is 430 g/mol. The Morgan fingerprint density at radius 2 is 1.77 bits per heavy atom. The summed E-state index contributed by atoms with van der Waals surface area (Å²) in [7, 11) is 0. The van der Waals surface area contributed by atoms with Gasteiger partial charge in [-0.25, -0.2) is 0 Å². The Morgan fingerprint density at radius 3 is 2.45 bits per heavy atom. The molecule has 1 N–H and O–H groups in total. The molecule has 3 aromatic rings. The highest BCUT2D eigenvalue weighted by atomic mass is 19.4. The molecule has 0 saturated heterocycles. The van der Waals surface area contributed by atoms with E-state index < -0.39 is 11.9 Å². The van der Waals surface area contributed by atoms with Crippen molar-refractivity contribution in [1.82, 2.24) is 19.7 Å². The highest BCUT2D eigenvalue weighted by Gasteiger charge is 2.39. The van der Waals surface area contributed by atoms with Crippen molar-refractivity contribution < 1.29 is 18.0 Å². The second kappa shape index (κ2) is 8.61. The standard InChI is InChI=1S/C23H25F3N4O/c1-16(17-9-11-18(12-10-17)29-13-5-6-14-29)27-21(31)15-30-20-8-4-2-3-7-19(20)22(28-30)23(24,25)26/h5-6,9-14,16H,2-4,7-8,15H2,1H3,(H,27,31). The summed E-state index contributed by atoms with van der Waals surface area (Å²) in [5.41, 5.74) is 1.88. The molecule has 1 unspecified atom stereocenters. The lowest BCUT2D eigenvalue weighted by Gasteiger charge is -2.16. The third kappa shape index (κ3) is 4.68. The molecule has 2 heterocycles. The number of nitrogens with zero attached hydrogens (tertiary/aromatic N) is 3. The molecule has 0 saturated carbocycles.